The van der Waals surface area contributed by atoms with Crippen LogP contribution in [0.15, 0.2) is 85.1 Å². The van der Waals surface area contributed by atoms with Crippen LogP contribution in [0.25, 0.3) is 0 Å². The van der Waals surface area contributed by atoms with E-state index in [0.29, 0.717) is 17.4 Å². The fourth-order valence-electron chi connectivity index (χ4n) is 7.57. The van der Waals surface area contributed by atoms with E-state index in [2.05, 4.69) is 86.8 Å². The van der Waals surface area contributed by atoms with Gasteiger partial charge in [-0.1, -0.05) is 227 Å². The average Bonchev–Trinajstić information content (AvgIpc) is 3.32. The molecular formula is C60H107NO8P+. The fraction of sp³-hybridized carbons (Fsp3) is 0.733. The van der Waals surface area contributed by atoms with E-state index in [4.69, 9.17) is 18.5 Å². The molecule has 0 saturated carbocycles. The number of phosphoric ester groups is 1. The number of rotatable bonds is 51. The molecule has 0 spiro atoms. The molecule has 0 saturated heterocycles. The molecule has 1 N–H and O–H groups in total. The largest absolute Gasteiger partial charge is 0.472 e. The van der Waals surface area contributed by atoms with Crippen LogP contribution < -0.4 is 0 Å². The van der Waals surface area contributed by atoms with Crippen LogP contribution in [0.5, 0.6) is 0 Å². The van der Waals surface area contributed by atoms with E-state index in [0.717, 1.165) is 57.8 Å². The molecule has 70 heavy (non-hydrogen) atoms. The molecule has 0 aliphatic carbocycles. The predicted octanol–water partition coefficient (Wildman–Crippen LogP) is 17.5. The number of phosphoric acid groups is 1. The van der Waals surface area contributed by atoms with Gasteiger partial charge in [0, 0.05) is 12.8 Å². The van der Waals surface area contributed by atoms with Crippen molar-refractivity contribution in [3.63, 3.8) is 0 Å². The molecule has 0 heterocycles. The molecule has 0 aliphatic heterocycles. The number of carbonyl (C=O) groups excluding carboxylic acids is 2. The zero-order valence-corrected chi connectivity index (χ0v) is 46.6. The van der Waals surface area contributed by atoms with Gasteiger partial charge in [-0.25, -0.2) is 4.57 Å². The summed E-state index contributed by atoms with van der Waals surface area (Å²) in [4.78, 5) is 35.5. The molecule has 0 bridgehead atoms. The number of hydrogen-bond donors (Lipinski definition) is 1. The summed E-state index contributed by atoms with van der Waals surface area (Å²) in [7, 11) is 1.43. The van der Waals surface area contributed by atoms with Gasteiger partial charge in [0.2, 0.25) is 0 Å². The van der Waals surface area contributed by atoms with Crippen molar-refractivity contribution in [2.45, 2.75) is 238 Å². The van der Waals surface area contributed by atoms with Crippen LogP contribution >= 0.6 is 7.82 Å². The lowest BCUT2D eigenvalue weighted by molar-refractivity contribution is -0.870. The molecular weight excluding hydrogens is 894 g/mol. The van der Waals surface area contributed by atoms with E-state index < -0.39 is 26.5 Å². The molecule has 0 amide bonds. The minimum Gasteiger partial charge on any atom is -0.462 e. The number of hydrogen-bond acceptors (Lipinski definition) is 7. The predicted molar refractivity (Wildman–Crippen MR) is 298 cm³/mol. The summed E-state index contributed by atoms with van der Waals surface area (Å²) in [5.74, 6) is -0.892. The fourth-order valence-corrected chi connectivity index (χ4v) is 8.31. The van der Waals surface area contributed by atoms with Gasteiger partial charge in [-0.2, -0.15) is 0 Å². The van der Waals surface area contributed by atoms with Crippen molar-refractivity contribution in [2.75, 3.05) is 47.5 Å². The van der Waals surface area contributed by atoms with Crippen molar-refractivity contribution in [3.05, 3.63) is 85.1 Å². The molecule has 2 unspecified atom stereocenters. The van der Waals surface area contributed by atoms with Crippen LogP contribution in [0.2, 0.25) is 0 Å². The Morgan fingerprint density at radius 2 is 0.843 bits per heavy atom. The summed E-state index contributed by atoms with van der Waals surface area (Å²) in [5, 5.41) is 0. The summed E-state index contributed by atoms with van der Waals surface area (Å²) in [6, 6.07) is 0. The zero-order valence-electron chi connectivity index (χ0n) is 45.7. The van der Waals surface area contributed by atoms with Gasteiger partial charge in [0.05, 0.1) is 27.7 Å². The Morgan fingerprint density at radius 3 is 1.27 bits per heavy atom. The number of nitrogens with zero attached hydrogens (tertiary/aromatic N) is 1. The molecule has 0 aliphatic rings. The van der Waals surface area contributed by atoms with Crippen molar-refractivity contribution >= 4 is 19.8 Å². The van der Waals surface area contributed by atoms with Crippen LogP contribution in [0.3, 0.4) is 0 Å². The number of quaternary nitrogens is 1. The quantitative estimate of drug-likeness (QED) is 0.0211. The molecule has 0 aromatic carbocycles. The second kappa shape index (κ2) is 51.1. The summed E-state index contributed by atoms with van der Waals surface area (Å²) < 4.78 is 34.3. The number of esters is 2. The van der Waals surface area contributed by atoms with Gasteiger partial charge >= 0.3 is 19.8 Å². The van der Waals surface area contributed by atoms with Crippen molar-refractivity contribution in [3.8, 4) is 0 Å². The lowest BCUT2D eigenvalue weighted by Crippen LogP contribution is -2.37. The van der Waals surface area contributed by atoms with Gasteiger partial charge in [-0.3, -0.25) is 18.6 Å². The first-order valence-electron chi connectivity index (χ1n) is 28.3. The Morgan fingerprint density at radius 1 is 0.457 bits per heavy atom. The van der Waals surface area contributed by atoms with Crippen LogP contribution in [-0.2, 0) is 32.7 Å². The topological polar surface area (TPSA) is 108 Å². The first kappa shape index (κ1) is 67.2. The minimum absolute atomic E-state index is 0.0165. The maximum atomic E-state index is 12.7. The Balaban J connectivity index is 4.04. The summed E-state index contributed by atoms with van der Waals surface area (Å²) in [5.41, 5.74) is 0. The third kappa shape index (κ3) is 54.5. The second-order valence-corrected chi connectivity index (χ2v) is 21.4. The maximum Gasteiger partial charge on any atom is 0.472 e. The van der Waals surface area contributed by atoms with E-state index >= 15 is 0 Å². The monoisotopic (exact) mass is 1000 g/mol. The molecule has 404 valence electrons. The third-order valence-electron chi connectivity index (χ3n) is 11.9. The van der Waals surface area contributed by atoms with Crippen LogP contribution in [0, 0.1) is 0 Å². The third-order valence-corrected chi connectivity index (χ3v) is 12.9. The first-order valence-corrected chi connectivity index (χ1v) is 29.8. The number of carbonyl (C=O) groups is 2. The average molecular weight is 1000 g/mol. The molecule has 0 fully saturated rings. The number of unbranched alkanes of at least 4 members (excludes halogenated alkanes) is 23. The van der Waals surface area contributed by atoms with E-state index in [1.54, 1.807) is 0 Å². The first-order chi connectivity index (χ1) is 34.0. The van der Waals surface area contributed by atoms with Crippen LogP contribution in [0.4, 0.5) is 0 Å². The molecule has 0 radical (unpaired) electrons. The highest BCUT2D eigenvalue weighted by Crippen LogP contribution is 2.43. The Kier molecular flexibility index (Phi) is 49.1. The zero-order chi connectivity index (χ0) is 51.3. The van der Waals surface area contributed by atoms with Crippen LogP contribution in [0.1, 0.15) is 232 Å². The van der Waals surface area contributed by atoms with Gasteiger partial charge in [-0.05, 0) is 77.0 Å². The van der Waals surface area contributed by atoms with Crippen molar-refractivity contribution in [1.29, 1.82) is 0 Å². The number of allylic oxidation sites excluding steroid dienone is 14. The molecule has 0 rings (SSSR count). The molecule has 9 nitrogen and oxygen atoms in total. The molecule has 10 heteroatoms. The summed E-state index contributed by atoms with van der Waals surface area (Å²) in [6.07, 6.45) is 68.4. The summed E-state index contributed by atoms with van der Waals surface area (Å²) in [6.45, 7) is 4.22. The van der Waals surface area contributed by atoms with Crippen LogP contribution in [-0.4, -0.2) is 74.9 Å². The smallest absolute Gasteiger partial charge is 0.462 e. The number of ether oxygens (including phenoxy) is 2. The van der Waals surface area contributed by atoms with E-state index in [-0.39, 0.29) is 32.0 Å². The summed E-state index contributed by atoms with van der Waals surface area (Å²) >= 11 is 0. The number of likely N-dealkylation sites (N-methyl/N-ethyl adjacent to an activating group) is 1. The Hall–Kier alpha value is -2.81. The van der Waals surface area contributed by atoms with Gasteiger partial charge in [0.15, 0.2) is 6.10 Å². The molecule has 2 atom stereocenters. The highest BCUT2D eigenvalue weighted by Gasteiger charge is 2.27. The lowest BCUT2D eigenvalue weighted by Gasteiger charge is -2.24. The van der Waals surface area contributed by atoms with Gasteiger partial charge in [-0.15, -0.1) is 0 Å². The highest BCUT2D eigenvalue weighted by atomic mass is 31.2. The second-order valence-electron chi connectivity index (χ2n) is 19.9. The standard InChI is InChI=1S/C60H106NO8P/c1-6-8-10-12-14-16-18-20-21-22-23-24-25-26-27-28-29-30-31-32-33-34-35-36-37-38-39-41-42-44-46-48-50-52-59(62)66-56-58(57-68-70(64,65)67-55-54-61(3,4)5)69-60(63)53-51-49-47-45-43-40-19-17-15-13-11-9-7-2/h9,11,15,17-18,20,22-23,25-26,40,43,47,49,58H,6-8,10,12-14,16,19,21,24,27-39,41-42,44-46,48,50-57H2,1-5H3/p+1/b11-9-,17-15-,20-18-,23-22-,26-25-,43-40-,49-47-. The van der Waals surface area contributed by atoms with Gasteiger partial charge in [0.25, 0.3) is 0 Å². The van der Waals surface area contributed by atoms with E-state index in [1.165, 1.54) is 141 Å². The lowest BCUT2D eigenvalue weighted by atomic mass is 10.0. The van der Waals surface area contributed by atoms with Gasteiger partial charge in [0.1, 0.15) is 19.8 Å². The Bertz CT molecular complexity index is 1460. The van der Waals surface area contributed by atoms with Crippen molar-refractivity contribution in [1.82, 2.24) is 0 Å². The van der Waals surface area contributed by atoms with Gasteiger partial charge < -0.3 is 18.9 Å². The SMILES string of the molecule is CC/C=C\C/C=C\C/C=C\C/C=C\CCC(=O)OC(COC(=O)CCCCCCCCCCCCCCCCCCCC/C=C\C/C=C\C/C=C\CCCCCCC)COP(=O)(O)OCC[N+](C)(C)C. The van der Waals surface area contributed by atoms with Crippen molar-refractivity contribution in [2.24, 2.45) is 0 Å². The van der Waals surface area contributed by atoms with E-state index in [9.17, 15) is 19.0 Å². The highest BCUT2D eigenvalue weighted by molar-refractivity contribution is 7.47. The minimum atomic E-state index is -4.40. The Labute approximate surface area is 431 Å². The normalized spacial score (nSPS) is 14.0. The molecule has 0 aromatic heterocycles. The maximum absolute atomic E-state index is 12.7. The van der Waals surface area contributed by atoms with Crippen molar-refractivity contribution < 1.29 is 42.1 Å². The van der Waals surface area contributed by atoms with E-state index in [1.807, 2.05) is 33.3 Å². The molecule has 0 aromatic rings.